The molecule has 1 aromatic rings. The second-order valence-corrected chi connectivity index (χ2v) is 5.91. The topological polar surface area (TPSA) is 41.6 Å². The van der Waals surface area contributed by atoms with E-state index >= 15 is 0 Å². The lowest BCUT2D eigenvalue weighted by molar-refractivity contribution is -0.121. The third-order valence-electron chi connectivity index (χ3n) is 3.77. The Morgan fingerprint density at radius 1 is 1.26 bits per heavy atom. The molecule has 0 heterocycles. The van der Waals surface area contributed by atoms with Crippen molar-refractivity contribution in [2.45, 2.75) is 33.1 Å². The van der Waals surface area contributed by atoms with E-state index in [4.69, 9.17) is 16.3 Å². The molecular formula is C18H29ClN2O2. The smallest absolute Gasteiger partial charge is 0.220 e. The van der Waals surface area contributed by atoms with Crippen LogP contribution in [0, 0.1) is 0 Å². The maximum absolute atomic E-state index is 11.7. The van der Waals surface area contributed by atoms with Gasteiger partial charge in [-0.15, -0.1) is 0 Å². The van der Waals surface area contributed by atoms with Gasteiger partial charge in [0.25, 0.3) is 0 Å². The molecule has 0 aliphatic heterocycles. The highest BCUT2D eigenvalue weighted by Crippen LogP contribution is 2.12. The minimum atomic E-state index is 0.0828. The quantitative estimate of drug-likeness (QED) is 0.594. The number of hydrogen-bond acceptors (Lipinski definition) is 3. The number of halogens is 1. The first-order valence-electron chi connectivity index (χ1n) is 8.47. The van der Waals surface area contributed by atoms with Crippen LogP contribution in [0.1, 0.15) is 32.3 Å². The number of rotatable bonds is 12. The van der Waals surface area contributed by atoms with Crippen molar-refractivity contribution in [2.75, 3.05) is 39.4 Å². The van der Waals surface area contributed by atoms with Gasteiger partial charge in [-0.25, -0.2) is 0 Å². The van der Waals surface area contributed by atoms with Gasteiger partial charge in [0, 0.05) is 24.5 Å². The molecule has 0 radical (unpaired) electrons. The molecule has 0 spiro atoms. The summed E-state index contributed by atoms with van der Waals surface area (Å²) >= 11 is 5.94. The predicted molar refractivity (Wildman–Crippen MR) is 96.0 cm³/mol. The third kappa shape index (κ3) is 9.59. The Kier molecular flexibility index (Phi) is 10.7. The van der Waals surface area contributed by atoms with E-state index in [1.807, 2.05) is 24.3 Å². The van der Waals surface area contributed by atoms with E-state index in [1.165, 1.54) is 5.56 Å². The van der Waals surface area contributed by atoms with Gasteiger partial charge in [-0.1, -0.05) is 37.6 Å². The molecule has 0 atom stereocenters. The van der Waals surface area contributed by atoms with Crippen molar-refractivity contribution in [3.63, 3.8) is 0 Å². The molecule has 0 bridgehead atoms. The summed E-state index contributed by atoms with van der Waals surface area (Å²) in [7, 11) is 0. The largest absolute Gasteiger partial charge is 0.378 e. The molecule has 23 heavy (non-hydrogen) atoms. The fourth-order valence-corrected chi connectivity index (χ4v) is 2.54. The van der Waals surface area contributed by atoms with E-state index < -0.39 is 0 Å². The van der Waals surface area contributed by atoms with Gasteiger partial charge in [0.2, 0.25) is 5.91 Å². The Labute approximate surface area is 145 Å². The number of nitrogens with one attached hydrogen (secondary N) is 1. The second-order valence-electron chi connectivity index (χ2n) is 5.47. The Bertz CT molecular complexity index is 450. The highest BCUT2D eigenvalue weighted by Gasteiger charge is 2.02. The third-order valence-corrected chi connectivity index (χ3v) is 4.01. The van der Waals surface area contributed by atoms with Crippen molar-refractivity contribution in [2.24, 2.45) is 0 Å². The van der Waals surface area contributed by atoms with Gasteiger partial charge in [-0.2, -0.15) is 0 Å². The van der Waals surface area contributed by atoms with Gasteiger partial charge in [-0.3, -0.25) is 4.79 Å². The molecule has 0 aromatic heterocycles. The van der Waals surface area contributed by atoms with Gasteiger partial charge < -0.3 is 15.0 Å². The number of amides is 1. The lowest BCUT2D eigenvalue weighted by atomic mass is 10.1. The molecule has 0 aliphatic carbocycles. The Morgan fingerprint density at radius 2 is 2.04 bits per heavy atom. The molecule has 130 valence electrons. The molecule has 0 unspecified atom stereocenters. The zero-order valence-electron chi connectivity index (χ0n) is 14.3. The summed E-state index contributed by atoms with van der Waals surface area (Å²) in [6.45, 7) is 9.19. The number of benzene rings is 1. The molecule has 1 amide bonds. The van der Waals surface area contributed by atoms with Crippen molar-refractivity contribution >= 4 is 17.5 Å². The minimum Gasteiger partial charge on any atom is -0.378 e. The second kappa shape index (κ2) is 12.3. The number of carbonyl (C=O) groups is 1. The van der Waals surface area contributed by atoms with Crippen molar-refractivity contribution in [1.29, 1.82) is 0 Å². The van der Waals surface area contributed by atoms with Gasteiger partial charge in [0.05, 0.1) is 13.2 Å². The Hall–Kier alpha value is -1.10. The van der Waals surface area contributed by atoms with E-state index in [-0.39, 0.29) is 5.91 Å². The van der Waals surface area contributed by atoms with Crippen molar-refractivity contribution < 1.29 is 9.53 Å². The summed E-state index contributed by atoms with van der Waals surface area (Å²) < 4.78 is 5.53. The normalized spacial score (nSPS) is 11.0. The van der Waals surface area contributed by atoms with Crippen LogP contribution in [0.2, 0.25) is 5.02 Å². The molecule has 0 saturated heterocycles. The van der Waals surface area contributed by atoms with Gasteiger partial charge >= 0.3 is 0 Å². The first-order valence-corrected chi connectivity index (χ1v) is 8.84. The van der Waals surface area contributed by atoms with E-state index in [2.05, 4.69) is 24.1 Å². The van der Waals surface area contributed by atoms with Crippen LogP contribution < -0.4 is 5.32 Å². The standard InChI is InChI=1S/C18H29ClN2O2/c1-3-21(4-2)12-14-23-13-11-20-18(22)10-6-8-16-7-5-9-17(19)15-16/h5,7,9,15H,3-4,6,8,10-14H2,1-2H3,(H,20,22). The van der Waals surface area contributed by atoms with Crippen LogP contribution >= 0.6 is 11.6 Å². The summed E-state index contributed by atoms with van der Waals surface area (Å²) in [4.78, 5) is 14.0. The van der Waals surface area contributed by atoms with Crippen LogP contribution in [0.5, 0.6) is 0 Å². The molecule has 1 aromatic carbocycles. The zero-order chi connectivity index (χ0) is 16.9. The average molecular weight is 341 g/mol. The van der Waals surface area contributed by atoms with Crippen LogP contribution in [0.15, 0.2) is 24.3 Å². The van der Waals surface area contributed by atoms with Crippen molar-refractivity contribution in [3.05, 3.63) is 34.9 Å². The predicted octanol–water partition coefficient (Wildman–Crippen LogP) is 3.14. The van der Waals surface area contributed by atoms with Crippen LogP contribution in [0.4, 0.5) is 0 Å². The number of likely N-dealkylation sites (N-methyl/N-ethyl adjacent to an activating group) is 1. The number of carbonyl (C=O) groups excluding carboxylic acids is 1. The fraction of sp³-hybridized carbons (Fsp3) is 0.611. The lowest BCUT2D eigenvalue weighted by Crippen LogP contribution is -2.30. The molecule has 0 fully saturated rings. The zero-order valence-corrected chi connectivity index (χ0v) is 15.1. The summed E-state index contributed by atoms with van der Waals surface area (Å²) in [6, 6.07) is 7.78. The number of aryl methyl sites for hydroxylation is 1. The summed E-state index contributed by atoms with van der Waals surface area (Å²) in [5.41, 5.74) is 1.17. The number of ether oxygens (including phenoxy) is 1. The number of hydrogen-bond donors (Lipinski definition) is 1. The first-order chi connectivity index (χ1) is 11.2. The lowest BCUT2D eigenvalue weighted by Gasteiger charge is -2.17. The van der Waals surface area contributed by atoms with Gasteiger partial charge in [0.1, 0.15) is 0 Å². The van der Waals surface area contributed by atoms with Crippen LogP contribution in [-0.2, 0) is 16.0 Å². The van der Waals surface area contributed by atoms with Crippen LogP contribution in [0.25, 0.3) is 0 Å². The molecular weight excluding hydrogens is 312 g/mol. The summed E-state index contributed by atoms with van der Waals surface area (Å²) in [6.07, 6.45) is 2.23. The first kappa shape index (κ1) is 19.9. The van der Waals surface area contributed by atoms with E-state index in [9.17, 15) is 4.79 Å². The Morgan fingerprint density at radius 3 is 2.74 bits per heavy atom. The average Bonchev–Trinajstić information content (AvgIpc) is 2.54. The molecule has 0 saturated carbocycles. The van der Waals surface area contributed by atoms with E-state index in [0.717, 1.165) is 37.5 Å². The van der Waals surface area contributed by atoms with E-state index in [0.29, 0.717) is 26.2 Å². The highest BCUT2D eigenvalue weighted by molar-refractivity contribution is 6.30. The molecule has 1 N–H and O–H groups in total. The highest BCUT2D eigenvalue weighted by atomic mass is 35.5. The minimum absolute atomic E-state index is 0.0828. The summed E-state index contributed by atoms with van der Waals surface area (Å²) in [5, 5.41) is 3.64. The maximum atomic E-state index is 11.7. The van der Waals surface area contributed by atoms with Gasteiger partial charge in [-0.05, 0) is 43.6 Å². The molecule has 4 nitrogen and oxygen atoms in total. The molecule has 0 aliphatic rings. The molecule has 1 rings (SSSR count). The van der Waals surface area contributed by atoms with Crippen molar-refractivity contribution in [1.82, 2.24) is 10.2 Å². The van der Waals surface area contributed by atoms with Crippen molar-refractivity contribution in [3.8, 4) is 0 Å². The monoisotopic (exact) mass is 340 g/mol. The van der Waals surface area contributed by atoms with E-state index in [1.54, 1.807) is 0 Å². The number of nitrogens with zero attached hydrogens (tertiary/aromatic N) is 1. The SMILES string of the molecule is CCN(CC)CCOCCNC(=O)CCCc1cccc(Cl)c1. The molecule has 5 heteroatoms. The summed E-state index contributed by atoms with van der Waals surface area (Å²) in [5.74, 6) is 0.0828. The van der Waals surface area contributed by atoms with Crippen LogP contribution in [0.3, 0.4) is 0 Å². The Balaban J connectivity index is 2.00. The maximum Gasteiger partial charge on any atom is 0.220 e. The van der Waals surface area contributed by atoms with Gasteiger partial charge in [0.15, 0.2) is 0 Å². The van der Waals surface area contributed by atoms with Crippen LogP contribution in [-0.4, -0.2) is 50.2 Å². The fourth-order valence-electron chi connectivity index (χ4n) is 2.33.